The Bertz CT molecular complexity index is 527. The van der Waals surface area contributed by atoms with E-state index in [0.29, 0.717) is 12.0 Å². The van der Waals surface area contributed by atoms with Gasteiger partial charge in [0, 0.05) is 6.07 Å². The number of hydrogen-bond donors (Lipinski definition) is 1. The third-order valence-corrected chi connectivity index (χ3v) is 2.95. The standard InChI is InChI=1S/C12H13NO6/c1-2-8(12(14)15)7-5-9(13(16)17)11-10(6-7)18-3-4-19-11/h5-6,8H,2-4H2,1H3,(H,14,15). The van der Waals surface area contributed by atoms with Crippen molar-refractivity contribution in [3.05, 3.63) is 27.8 Å². The van der Waals surface area contributed by atoms with Crippen molar-refractivity contribution in [1.29, 1.82) is 0 Å². The Morgan fingerprint density at radius 1 is 1.47 bits per heavy atom. The van der Waals surface area contributed by atoms with Crippen molar-refractivity contribution in [1.82, 2.24) is 0 Å². The second kappa shape index (κ2) is 5.13. The first-order valence-electron chi connectivity index (χ1n) is 5.85. The van der Waals surface area contributed by atoms with Gasteiger partial charge in [0.25, 0.3) is 0 Å². The van der Waals surface area contributed by atoms with E-state index in [4.69, 9.17) is 14.6 Å². The number of carbonyl (C=O) groups is 1. The first kappa shape index (κ1) is 13.1. The molecule has 1 aliphatic heterocycles. The monoisotopic (exact) mass is 267 g/mol. The fraction of sp³-hybridized carbons (Fsp3) is 0.417. The van der Waals surface area contributed by atoms with Crippen LogP contribution in [0, 0.1) is 10.1 Å². The Kier molecular flexibility index (Phi) is 3.55. The number of ether oxygens (including phenoxy) is 2. The third kappa shape index (κ3) is 2.44. The zero-order valence-electron chi connectivity index (χ0n) is 10.3. The van der Waals surface area contributed by atoms with Gasteiger partial charge >= 0.3 is 11.7 Å². The molecule has 0 saturated carbocycles. The van der Waals surface area contributed by atoms with Crippen LogP contribution in [-0.2, 0) is 4.79 Å². The van der Waals surface area contributed by atoms with E-state index in [0.717, 1.165) is 0 Å². The van der Waals surface area contributed by atoms with Gasteiger partial charge in [-0.1, -0.05) is 6.92 Å². The number of rotatable bonds is 4. The molecule has 0 aliphatic carbocycles. The maximum Gasteiger partial charge on any atom is 0.315 e. The molecule has 7 nitrogen and oxygen atoms in total. The Balaban J connectivity index is 2.55. The van der Waals surface area contributed by atoms with Crippen molar-refractivity contribution in [3.8, 4) is 11.5 Å². The van der Waals surface area contributed by atoms with Crippen LogP contribution in [0.25, 0.3) is 0 Å². The van der Waals surface area contributed by atoms with Gasteiger partial charge in [0.15, 0.2) is 5.75 Å². The first-order valence-corrected chi connectivity index (χ1v) is 5.85. The van der Waals surface area contributed by atoms with Gasteiger partial charge in [0.1, 0.15) is 13.2 Å². The summed E-state index contributed by atoms with van der Waals surface area (Å²) in [4.78, 5) is 21.6. The Hall–Kier alpha value is -2.31. The average molecular weight is 267 g/mol. The van der Waals surface area contributed by atoms with Gasteiger partial charge < -0.3 is 14.6 Å². The smallest absolute Gasteiger partial charge is 0.315 e. The van der Waals surface area contributed by atoms with Crippen molar-refractivity contribution in [2.45, 2.75) is 19.3 Å². The van der Waals surface area contributed by atoms with E-state index >= 15 is 0 Å². The molecule has 0 radical (unpaired) electrons. The van der Waals surface area contributed by atoms with E-state index in [2.05, 4.69) is 0 Å². The number of nitro benzene ring substituents is 1. The second-order valence-corrected chi connectivity index (χ2v) is 4.12. The predicted molar refractivity (Wildman–Crippen MR) is 64.8 cm³/mol. The van der Waals surface area contributed by atoms with E-state index in [1.54, 1.807) is 6.92 Å². The summed E-state index contributed by atoms with van der Waals surface area (Å²) in [5, 5.41) is 20.1. The molecule has 0 saturated heterocycles. The maximum atomic E-state index is 11.1. The van der Waals surface area contributed by atoms with Crippen LogP contribution >= 0.6 is 0 Å². The minimum atomic E-state index is -1.02. The number of nitrogens with zero attached hydrogens (tertiary/aromatic N) is 1. The highest BCUT2D eigenvalue weighted by atomic mass is 16.6. The molecule has 2 rings (SSSR count). The topological polar surface area (TPSA) is 98.9 Å². The summed E-state index contributed by atoms with van der Waals surface area (Å²) < 4.78 is 10.5. The average Bonchev–Trinajstić information content (AvgIpc) is 2.38. The summed E-state index contributed by atoms with van der Waals surface area (Å²) in [7, 11) is 0. The van der Waals surface area contributed by atoms with Crippen molar-refractivity contribution in [3.63, 3.8) is 0 Å². The molecule has 0 bridgehead atoms. The molecule has 1 heterocycles. The molecule has 1 aliphatic rings. The largest absolute Gasteiger partial charge is 0.486 e. The first-order chi connectivity index (χ1) is 9.04. The molecule has 1 atom stereocenters. The zero-order chi connectivity index (χ0) is 14.0. The maximum absolute atomic E-state index is 11.1. The van der Waals surface area contributed by atoms with Crippen LogP contribution in [0.4, 0.5) is 5.69 Å². The Morgan fingerprint density at radius 3 is 2.74 bits per heavy atom. The van der Waals surface area contributed by atoms with E-state index < -0.39 is 16.8 Å². The van der Waals surface area contributed by atoms with Crippen LogP contribution in [0.5, 0.6) is 11.5 Å². The van der Waals surface area contributed by atoms with E-state index in [-0.39, 0.29) is 30.4 Å². The normalized spacial score (nSPS) is 14.8. The van der Waals surface area contributed by atoms with E-state index in [1.807, 2.05) is 0 Å². The van der Waals surface area contributed by atoms with E-state index in [1.165, 1.54) is 12.1 Å². The van der Waals surface area contributed by atoms with Gasteiger partial charge in [-0.15, -0.1) is 0 Å². The minimum Gasteiger partial charge on any atom is -0.486 e. The molecule has 102 valence electrons. The number of fused-ring (bicyclic) bond motifs is 1. The molecule has 1 N–H and O–H groups in total. The molecule has 0 spiro atoms. The van der Waals surface area contributed by atoms with Crippen LogP contribution in [0.1, 0.15) is 24.8 Å². The predicted octanol–water partition coefficient (Wildman–Crippen LogP) is 1.94. The number of aliphatic carboxylic acids is 1. The van der Waals surface area contributed by atoms with Gasteiger partial charge in [-0.25, -0.2) is 0 Å². The summed E-state index contributed by atoms with van der Waals surface area (Å²) in [6.45, 7) is 2.24. The zero-order valence-corrected chi connectivity index (χ0v) is 10.3. The molecule has 1 aromatic carbocycles. The molecule has 1 unspecified atom stereocenters. The van der Waals surface area contributed by atoms with Crippen LogP contribution in [0.3, 0.4) is 0 Å². The second-order valence-electron chi connectivity index (χ2n) is 4.12. The number of hydrogen-bond acceptors (Lipinski definition) is 5. The van der Waals surface area contributed by atoms with E-state index in [9.17, 15) is 14.9 Å². The van der Waals surface area contributed by atoms with Crippen LogP contribution in [0.15, 0.2) is 12.1 Å². The van der Waals surface area contributed by atoms with Gasteiger partial charge in [0.05, 0.1) is 10.8 Å². The van der Waals surface area contributed by atoms with Gasteiger partial charge in [-0.3, -0.25) is 14.9 Å². The molecule has 0 fully saturated rings. The van der Waals surface area contributed by atoms with Gasteiger partial charge in [0.2, 0.25) is 5.75 Å². The molecular formula is C12H13NO6. The Labute approximate surface area is 108 Å². The van der Waals surface area contributed by atoms with Crippen molar-refractivity contribution < 1.29 is 24.3 Å². The molecule has 0 amide bonds. The fourth-order valence-corrected chi connectivity index (χ4v) is 2.05. The lowest BCUT2D eigenvalue weighted by Gasteiger charge is -2.20. The highest BCUT2D eigenvalue weighted by Crippen LogP contribution is 2.42. The summed E-state index contributed by atoms with van der Waals surface area (Å²) in [5.41, 5.74) is 0.0952. The van der Waals surface area contributed by atoms with Crippen LogP contribution in [-0.4, -0.2) is 29.2 Å². The number of nitro groups is 1. The minimum absolute atomic E-state index is 0.0697. The summed E-state index contributed by atoms with van der Waals surface area (Å²) in [5.74, 6) is -1.52. The highest BCUT2D eigenvalue weighted by molar-refractivity contribution is 5.77. The lowest BCUT2D eigenvalue weighted by atomic mass is 9.95. The number of benzene rings is 1. The highest BCUT2D eigenvalue weighted by Gasteiger charge is 2.29. The lowest BCUT2D eigenvalue weighted by Crippen LogP contribution is -2.18. The quantitative estimate of drug-likeness (QED) is 0.661. The number of carboxylic acid groups (broad SMARTS) is 1. The molecule has 7 heteroatoms. The SMILES string of the molecule is CCC(C(=O)O)c1cc2c(c([N+](=O)[O-])c1)OCCO2. The lowest BCUT2D eigenvalue weighted by molar-refractivity contribution is -0.386. The van der Waals surface area contributed by atoms with Crippen molar-refractivity contribution >= 4 is 11.7 Å². The van der Waals surface area contributed by atoms with Gasteiger partial charge in [-0.2, -0.15) is 0 Å². The Morgan fingerprint density at radius 2 is 2.16 bits per heavy atom. The summed E-state index contributed by atoms with van der Waals surface area (Å²) in [6, 6.07) is 2.75. The van der Waals surface area contributed by atoms with Gasteiger partial charge in [-0.05, 0) is 18.1 Å². The van der Waals surface area contributed by atoms with Crippen molar-refractivity contribution in [2.75, 3.05) is 13.2 Å². The number of carboxylic acids is 1. The molecular weight excluding hydrogens is 254 g/mol. The summed E-state index contributed by atoms with van der Waals surface area (Å²) >= 11 is 0. The molecule has 0 aromatic heterocycles. The summed E-state index contributed by atoms with van der Waals surface area (Å²) in [6.07, 6.45) is 0.339. The fourth-order valence-electron chi connectivity index (χ4n) is 2.05. The molecule has 19 heavy (non-hydrogen) atoms. The van der Waals surface area contributed by atoms with Crippen LogP contribution in [0.2, 0.25) is 0 Å². The molecule has 1 aromatic rings. The van der Waals surface area contributed by atoms with Crippen LogP contribution < -0.4 is 9.47 Å². The van der Waals surface area contributed by atoms with Crippen molar-refractivity contribution in [2.24, 2.45) is 0 Å². The third-order valence-electron chi connectivity index (χ3n) is 2.95.